The molecule has 19 heavy (non-hydrogen) atoms. The van der Waals surface area contributed by atoms with E-state index in [1.54, 1.807) is 12.4 Å². The number of aromatic nitrogens is 1. The van der Waals surface area contributed by atoms with Crippen LogP contribution in [-0.2, 0) is 0 Å². The molecule has 0 bridgehead atoms. The van der Waals surface area contributed by atoms with Crippen molar-refractivity contribution in [3.05, 3.63) is 65.0 Å². The minimum Gasteiger partial charge on any atom is -0.306 e. The lowest BCUT2D eigenvalue weighted by atomic mass is 9.98. The van der Waals surface area contributed by atoms with Crippen LogP contribution in [0.5, 0.6) is 0 Å². The van der Waals surface area contributed by atoms with Gasteiger partial charge in [0.15, 0.2) is 0 Å². The molecule has 0 saturated carbocycles. The zero-order valence-electron chi connectivity index (χ0n) is 11.0. The van der Waals surface area contributed by atoms with E-state index in [-0.39, 0.29) is 0 Å². The second kappa shape index (κ2) is 5.89. The first-order chi connectivity index (χ1) is 9.11. The molecule has 1 atom stereocenters. The van der Waals surface area contributed by atoms with Crippen LogP contribution >= 0.6 is 0 Å². The van der Waals surface area contributed by atoms with Crippen molar-refractivity contribution < 1.29 is 8.78 Å². The summed E-state index contributed by atoms with van der Waals surface area (Å²) in [5.41, 5.74) is 2.11. The highest BCUT2D eigenvalue weighted by atomic mass is 19.1. The van der Waals surface area contributed by atoms with Gasteiger partial charge in [-0.15, -0.1) is 0 Å². The molecular formula is C15H16F2N2. The number of nitrogens with one attached hydrogen (secondary N) is 1. The molecular weight excluding hydrogens is 246 g/mol. The predicted molar refractivity (Wildman–Crippen MR) is 70.9 cm³/mol. The average molecular weight is 262 g/mol. The number of pyridine rings is 1. The molecule has 0 radical (unpaired) electrons. The summed E-state index contributed by atoms with van der Waals surface area (Å²) < 4.78 is 27.2. The van der Waals surface area contributed by atoms with Gasteiger partial charge in [0.05, 0.1) is 6.04 Å². The lowest BCUT2D eigenvalue weighted by Crippen LogP contribution is -2.23. The van der Waals surface area contributed by atoms with E-state index in [0.717, 1.165) is 23.3 Å². The maximum absolute atomic E-state index is 13.9. The van der Waals surface area contributed by atoms with Gasteiger partial charge in [0.2, 0.25) is 0 Å². The minimum atomic E-state index is -0.445. The van der Waals surface area contributed by atoms with Crippen LogP contribution in [0.15, 0.2) is 36.7 Å². The summed E-state index contributed by atoms with van der Waals surface area (Å²) in [4.78, 5) is 4.11. The molecule has 0 aliphatic carbocycles. The van der Waals surface area contributed by atoms with Gasteiger partial charge in [-0.05, 0) is 42.8 Å². The molecule has 1 N–H and O–H groups in total. The quantitative estimate of drug-likeness (QED) is 0.913. The summed E-state index contributed by atoms with van der Waals surface area (Å²) in [5, 5.41) is 3.16. The van der Waals surface area contributed by atoms with E-state index < -0.39 is 17.7 Å². The third-order valence-electron chi connectivity index (χ3n) is 2.91. The standard InChI is InChI=1S/C15H16F2N2/c1-3-19-15(11-6-10(2)8-18-9-11)13-7-12(16)4-5-14(13)17/h4-9,15,19H,3H2,1-2H3. The number of aryl methyl sites for hydroxylation is 1. The van der Waals surface area contributed by atoms with E-state index in [4.69, 9.17) is 0 Å². The lowest BCUT2D eigenvalue weighted by molar-refractivity contribution is 0.544. The van der Waals surface area contributed by atoms with Crippen LogP contribution in [0.25, 0.3) is 0 Å². The maximum Gasteiger partial charge on any atom is 0.128 e. The first kappa shape index (κ1) is 13.6. The van der Waals surface area contributed by atoms with Crippen molar-refractivity contribution >= 4 is 0 Å². The lowest BCUT2D eigenvalue weighted by Gasteiger charge is -2.19. The third-order valence-corrected chi connectivity index (χ3v) is 2.91. The summed E-state index contributed by atoms with van der Waals surface area (Å²) in [6.07, 6.45) is 3.40. The highest BCUT2D eigenvalue weighted by molar-refractivity contribution is 5.33. The van der Waals surface area contributed by atoms with Gasteiger partial charge in [-0.1, -0.05) is 13.0 Å². The fourth-order valence-electron chi connectivity index (χ4n) is 2.08. The predicted octanol–water partition coefficient (Wildman–Crippen LogP) is 3.37. The van der Waals surface area contributed by atoms with Gasteiger partial charge in [-0.3, -0.25) is 4.98 Å². The van der Waals surface area contributed by atoms with Crippen molar-refractivity contribution in [1.82, 2.24) is 10.3 Å². The first-order valence-electron chi connectivity index (χ1n) is 6.21. The fourth-order valence-corrected chi connectivity index (χ4v) is 2.08. The van der Waals surface area contributed by atoms with Crippen LogP contribution in [0.3, 0.4) is 0 Å². The van der Waals surface area contributed by atoms with Crippen LogP contribution in [-0.4, -0.2) is 11.5 Å². The molecule has 4 heteroatoms. The molecule has 0 aliphatic rings. The molecule has 100 valence electrons. The molecule has 1 unspecified atom stereocenters. The highest BCUT2D eigenvalue weighted by Crippen LogP contribution is 2.25. The van der Waals surface area contributed by atoms with Gasteiger partial charge in [-0.25, -0.2) is 8.78 Å². The Morgan fingerprint density at radius 1 is 1.21 bits per heavy atom. The molecule has 0 spiro atoms. The summed E-state index contributed by atoms with van der Waals surface area (Å²) in [6, 6.07) is 5.03. The fraction of sp³-hybridized carbons (Fsp3) is 0.267. The molecule has 2 rings (SSSR count). The van der Waals surface area contributed by atoms with E-state index in [1.165, 1.54) is 6.07 Å². The maximum atomic E-state index is 13.9. The van der Waals surface area contributed by atoms with E-state index >= 15 is 0 Å². The zero-order chi connectivity index (χ0) is 13.8. The van der Waals surface area contributed by atoms with Gasteiger partial charge < -0.3 is 5.32 Å². The monoisotopic (exact) mass is 262 g/mol. The molecule has 0 amide bonds. The van der Waals surface area contributed by atoms with Crippen LogP contribution in [0.1, 0.15) is 29.7 Å². The number of hydrogen-bond donors (Lipinski definition) is 1. The Hall–Kier alpha value is -1.81. The molecule has 1 heterocycles. The molecule has 1 aromatic heterocycles. The van der Waals surface area contributed by atoms with Gasteiger partial charge in [-0.2, -0.15) is 0 Å². The molecule has 2 aromatic rings. The van der Waals surface area contributed by atoms with Gasteiger partial charge in [0.25, 0.3) is 0 Å². The van der Waals surface area contributed by atoms with Crippen molar-refractivity contribution in [2.75, 3.05) is 6.54 Å². The van der Waals surface area contributed by atoms with Crippen molar-refractivity contribution in [3.8, 4) is 0 Å². The van der Waals surface area contributed by atoms with Crippen LogP contribution in [0, 0.1) is 18.6 Å². The van der Waals surface area contributed by atoms with Crippen LogP contribution in [0.4, 0.5) is 8.78 Å². The van der Waals surface area contributed by atoms with E-state index in [1.807, 2.05) is 19.9 Å². The number of rotatable bonds is 4. The third kappa shape index (κ3) is 3.15. The molecule has 0 fully saturated rings. The number of hydrogen-bond acceptors (Lipinski definition) is 2. The second-order valence-corrected chi connectivity index (χ2v) is 4.45. The Labute approximate surface area is 111 Å². The Bertz CT molecular complexity index is 570. The molecule has 1 aromatic carbocycles. The Balaban J connectivity index is 2.48. The zero-order valence-corrected chi connectivity index (χ0v) is 11.0. The highest BCUT2D eigenvalue weighted by Gasteiger charge is 2.18. The van der Waals surface area contributed by atoms with Crippen molar-refractivity contribution in [2.45, 2.75) is 19.9 Å². The normalized spacial score (nSPS) is 12.4. The van der Waals surface area contributed by atoms with Gasteiger partial charge >= 0.3 is 0 Å². The van der Waals surface area contributed by atoms with Crippen molar-refractivity contribution in [1.29, 1.82) is 0 Å². The summed E-state index contributed by atoms with van der Waals surface area (Å²) in [7, 11) is 0. The van der Waals surface area contributed by atoms with Crippen molar-refractivity contribution in [2.24, 2.45) is 0 Å². The minimum absolute atomic E-state index is 0.300. The number of nitrogens with zero attached hydrogens (tertiary/aromatic N) is 1. The largest absolute Gasteiger partial charge is 0.306 e. The summed E-state index contributed by atoms with van der Waals surface area (Å²) >= 11 is 0. The van der Waals surface area contributed by atoms with Crippen LogP contribution in [0.2, 0.25) is 0 Å². The van der Waals surface area contributed by atoms with E-state index in [2.05, 4.69) is 10.3 Å². The average Bonchev–Trinajstić information content (AvgIpc) is 2.39. The van der Waals surface area contributed by atoms with Gasteiger partial charge in [0, 0.05) is 18.0 Å². The Morgan fingerprint density at radius 2 is 2.00 bits per heavy atom. The molecule has 0 saturated heterocycles. The van der Waals surface area contributed by atoms with E-state index in [0.29, 0.717) is 12.1 Å². The smallest absolute Gasteiger partial charge is 0.128 e. The van der Waals surface area contributed by atoms with Gasteiger partial charge in [0.1, 0.15) is 11.6 Å². The Kier molecular flexibility index (Phi) is 4.22. The number of halogens is 2. The topological polar surface area (TPSA) is 24.9 Å². The molecule has 2 nitrogen and oxygen atoms in total. The van der Waals surface area contributed by atoms with Crippen LogP contribution < -0.4 is 5.32 Å². The van der Waals surface area contributed by atoms with E-state index in [9.17, 15) is 8.78 Å². The summed E-state index contributed by atoms with van der Waals surface area (Å²) in [6.45, 7) is 4.49. The Morgan fingerprint density at radius 3 is 2.68 bits per heavy atom. The second-order valence-electron chi connectivity index (χ2n) is 4.45. The SMILES string of the molecule is CCNC(c1cncc(C)c1)c1cc(F)ccc1F. The summed E-state index contributed by atoms with van der Waals surface area (Å²) in [5.74, 6) is -0.867. The molecule has 0 aliphatic heterocycles. The number of benzene rings is 1. The first-order valence-corrected chi connectivity index (χ1v) is 6.21. The van der Waals surface area contributed by atoms with Crippen molar-refractivity contribution in [3.63, 3.8) is 0 Å².